The lowest BCUT2D eigenvalue weighted by atomic mass is 9.94. The third-order valence-corrected chi connectivity index (χ3v) is 5.87. The number of aromatic nitrogens is 3. The number of likely N-dealkylation sites (N-methyl/N-ethyl adjacent to an activating group) is 1. The molecule has 1 fully saturated rings. The van der Waals surface area contributed by atoms with E-state index in [-0.39, 0.29) is 24.1 Å². The SMILES string of the molecule is CN(C(=O)Cn1nc(Cc2ccncc2)c2ccccc2c1=O)C1CCCCC1. The molecule has 1 aliphatic rings. The lowest BCUT2D eigenvalue weighted by Gasteiger charge is -2.31. The first-order valence-corrected chi connectivity index (χ1v) is 10.3. The van der Waals surface area contributed by atoms with Crippen LogP contribution in [0.15, 0.2) is 53.6 Å². The zero-order valence-corrected chi connectivity index (χ0v) is 16.8. The molecule has 0 saturated heterocycles. The summed E-state index contributed by atoms with van der Waals surface area (Å²) in [5.41, 5.74) is 1.64. The fourth-order valence-corrected chi connectivity index (χ4v) is 4.15. The Kier molecular flexibility index (Phi) is 5.69. The van der Waals surface area contributed by atoms with E-state index in [1.54, 1.807) is 18.5 Å². The fraction of sp³-hybridized carbons (Fsp3) is 0.391. The fourth-order valence-electron chi connectivity index (χ4n) is 4.15. The third-order valence-electron chi connectivity index (χ3n) is 5.87. The van der Waals surface area contributed by atoms with E-state index < -0.39 is 0 Å². The number of fused-ring (bicyclic) bond motifs is 1. The van der Waals surface area contributed by atoms with Crippen LogP contribution in [0.3, 0.4) is 0 Å². The van der Waals surface area contributed by atoms with Crippen LogP contribution in [0.2, 0.25) is 0 Å². The Morgan fingerprint density at radius 3 is 2.48 bits per heavy atom. The Morgan fingerprint density at radius 1 is 1.07 bits per heavy atom. The van der Waals surface area contributed by atoms with Gasteiger partial charge in [0, 0.05) is 37.3 Å². The summed E-state index contributed by atoms with van der Waals surface area (Å²) in [6, 6.07) is 11.6. The second kappa shape index (κ2) is 8.55. The van der Waals surface area contributed by atoms with Crippen LogP contribution in [0, 0.1) is 0 Å². The van der Waals surface area contributed by atoms with Gasteiger partial charge in [0.05, 0.1) is 11.1 Å². The standard InChI is InChI=1S/C23H26N4O2/c1-26(18-7-3-2-4-8-18)22(28)16-27-23(29)20-10-6-5-9-19(20)21(25-27)15-17-11-13-24-14-12-17/h5-6,9-14,18H,2-4,7-8,15-16H2,1H3. The summed E-state index contributed by atoms with van der Waals surface area (Å²) in [7, 11) is 1.85. The van der Waals surface area contributed by atoms with Gasteiger partial charge in [0.25, 0.3) is 5.56 Å². The molecule has 0 bridgehead atoms. The van der Waals surface area contributed by atoms with E-state index in [1.807, 2.05) is 42.3 Å². The van der Waals surface area contributed by atoms with Gasteiger partial charge in [-0.25, -0.2) is 4.68 Å². The van der Waals surface area contributed by atoms with Crippen molar-refractivity contribution in [2.75, 3.05) is 7.05 Å². The highest BCUT2D eigenvalue weighted by atomic mass is 16.2. The molecule has 2 aromatic heterocycles. The minimum atomic E-state index is -0.218. The van der Waals surface area contributed by atoms with E-state index in [2.05, 4.69) is 10.1 Å². The van der Waals surface area contributed by atoms with E-state index in [0.29, 0.717) is 11.8 Å². The first kappa shape index (κ1) is 19.3. The molecule has 6 nitrogen and oxygen atoms in total. The Balaban J connectivity index is 1.66. The number of rotatable bonds is 5. The quantitative estimate of drug-likeness (QED) is 0.671. The number of carbonyl (C=O) groups excluding carboxylic acids is 1. The average Bonchev–Trinajstić information content (AvgIpc) is 2.77. The number of hydrogen-bond donors (Lipinski definition) is 0. The molecule has 1 saturated carbocycles. The number of amides is 1. The van der Waals surface area contributed by atoms with Crippen LogP contribution in [0.25, 0.3) is 10.8 Å². The predicted molar refractivity (Wildman–Crippen MR) is 113 cm³/mol. The molecule has 0 spiro atoms. The molecule has 0 N–H and O–H groups in total. The highest BCUT2D eigenvalue weighted by Gasteiger charge is 2.23. The van der Waals surface area contributed by atoms with Crippen molar-refractivity contribution in [3.05, 3.63) is 70.4 Å². The van der Waals surface area contributed by atoms with Gasteiger partial charge in [-0.15, -0.1) is 0 Å². The highest BCUT2D eigenvalue weighted by Crippen LogP contribution is 2.22. The lowest BCUT2D eigenvalue weighted by Crippen LogP contribution is -2.42. The summed E-state index contributed by atoms with van der Waals surface area (Å²) in [4.78, 5) is 31.7. The molecule has 150 valence electrons. The van der Waals surface area contributed by atoms with Crippen LogP contribution in [0.4, 0.5) is 0 Å². The van der Waals surface area contributed by atoms with Gasteiger partial charge in [-0.1, -0.05) is 37.5 Å². The zero-order chi connectivity index (χ0) is 20.2. The summed E-state index contributed by atoms with van der Waals surface area (Å²) in [6.07, 6.45) is 9.70. The molecule has 0 radical (unpaired) electrons. The maximum absolute atomic E-state index is 13.0. The summed E-state index contributed by atoms with van der Waals surface area (Å²) in [5.74, 6) is -0.0587. The highest BCUT2D eigenvalue weighted by molar-refractivity contribution is 5.84. The van der Waals surface area contributed by atoms with Crippen molar-refractivity contribution in [2.24, 2.45) is 0 Å². The number of nitrogens with zero attached hydrogens (tertiary/aromatic N) is 4. The first-order chi connectivity index (χ1) is 14.1. The van der Waals surface area contributed by atoms with E-state index in [9.17, 15) is 9.59 Å². The minimum absolute atomic E-state index is 0.0278. The van der Waals surface area contributed by atoms with Crippen LogP contribution in [0.1, 0.15) is 43.4 Å². The normalized spacial score (nSPS) is 14.8. The van der Waals surface area contributed by atoms with Gasteiger partial charge >= 0.3 is 0 Å². The molecule has 4 rings (SSSR count). The molecule has 1 aliphatic carbocycles. The van der Waals surface area contributed by atoms with Crippen LogP contribution in [0.5, 0.6) is 0 Å². The molecule has 6 heteroatoms. The molecule has 1 amide bonds. The molecule has 29 heavy (non-hydrogen) atoms. The smallest absolute Gasteiger partial charge is 0.275 e. The van der Waals surface area contributed by atoms with Crippen LogP contribution < -0.4 is 5.56 Å². The number of pyridine rings is 1. The Hall–Kier alpha value is -3.02. The second-order valence-electron chi connectivity index (χ2n) is 7.78. The van der Waals surface area contributed by atoms with Gasteiger partial charge in [-0.2, -0.15) is 5.10 Å². The molecule has 0 unspecified atom stereocenters. The number of benzene rings is 1. The number of carbonyl (C=O) groups is 1. The van der Waals surface area contributed by atoms with E-state index in [0.717, 1.165) is 42.3 Å². The monoisotopic (exact) mass is 390 g/mol. The Morgan fingerprint density at radius 2 is 1.76 bits per heavy atom. The zero-order valence-electron chi connectivity index (χ0n) is 16.8. The van der Waals surface area contributed by atoms with Crippen LogP contribution >= 0.6 is 0 Å². The summed E-state index contributed by atoms with van der Waals surface area (Å²) < 4.78 is 1.33. The van der Waals surface area contributed by atoms with E-state index in [1.165, 1.54) is 11.1 Å². The summed E-state index contributed by atoms with van der Waals surface area (Å²) in [6.45, 7) is -0.0278. The van der Waals surface area contributed by atoms with E-state index >= 15 is 0 Å². The summed E-state index contributed by atoms with van der Waals surface area (Å²) in [5, 5.41) is 6.03. The Bertz CT molecular complexity index is 1060. The minimum Gasteiger partial charge on any atom is -0.341 e. The van der Waals surface area contributed by atoms with Crippen molar-refractivity contribution in [1.29, 1.82) is 0 Å². The largest absolute Gasteiger partial charge is 0.341 e. The second-order valence-corrected chi connectivity index (χ2v) is 7.78. The van der Waals surface area contributed by atoms with E-state index in [4.69, 9.17) is 0 Å². The van der Waals surface area contributed by atoms with Gasteiger partial charge in [0.15, 0.2) is 0 Å². The summed E-state index contributed by atoms with van der Waals surface area (Å²) >= 11 is 0. The van der Waals surface area contributed by atoms with Gasteiger partial charge in [0.2, 0.25) is 5.91 Å². The maximum atomic E-state index is 13.0. The number of hydrogen-bond acceptors (Lipinski definition) is 4. The van der Waals surface area contributed by atoms with Crippen molar-refractivity contribution in [3.8, 4) is 0 Å². The molecule has 2 heterocycles. The van der Waals surface area contributed by atoms with Crippen molar-refractivity contribution in [2.45, 2.75) is 51.1 Å². The van der Waals surface area contributed by atoms with Crippen molar-refractivity contribution < 1.29 is 4.79 Å². The van der Waals surface area contributed by atoms with Crippen molar-refractivity contribution >= 4 is 16.7 Å². The van der Waals surface area contributed by atoms with Gasteiger partial charge in [-0.3, -0.25) is 14.6 Å². The predicted octanol–water partition coefficient (Wildman–Crippen LogP) is 3.17. The molecule has 0 atom stereocenters. The average molecular weight is 390 g/mol. The van der Waals surface area contributed by atoms with Crippen molar-refractivity contribution in [3.63, 3.8) is 0 Å². The third kappa shape index (κ3) is 4.21. The molecule has 0 aliphatic heterocycles. The first-order valence-electron chi connectivity index (χ1n) is 10.3. The lowest BCUT2D eigenvalue weighted by molar-refractivity contribution is -0.133. The van der Waals surface area contributed by atoms with Gasteiger partial charge in [-0.05, 0) is 36.6 Å². The molecule has 3 aromatic rings. The topological polar surface area (TPSA) is 68.1 Å². The molecular weight excluding hydrogens is 364 g/mol. The molecular formula is C23H26N4O2. The maximum Gasteiger partial charge on any atom is 0.275 e. The van der Waals surface area contributed by atoms with Gasteiger partial charge < -0.3 is 4.90 Å². The van der Waals surface area contributed by atoms with Crippen LogP contribution in [-0.2, 0) is 17.8 Å². The Labute approximate surface area is 170 Å². The molecule has 1 aromatic carbocycles. The van der Waals surface area contributed by atoms with Crippen LogP contribution in [-0.4, -0.2) is 38.7 Å². The van der Waals surface area contributed by atoms with Crippen molar-refractivity contribution in [1.82, 2.24) is 19.7 Å². The van der Waals surface area contributed by atoms with Gasteiger partial charge in [0.1, 0.15) is 6.54 Å².